The molecule has 6 heteroatoms. The van der Waals surface area contributed by atoms with E-state index >= 15 is 0 Å². The van der Waals surface area contributed by atoms with Crippen LogP contribution in [-0.4, -0.2) is 4.99 Å². The molecule has 0 aliphatic rings. The highest BCUT2D eigenvalue weighted by Gasteiger charge is 2.15. The highest BCUT2D eigenvalue weighted by atomic mass is 79.9. The van der Waals surface area contributed by atoms with Crippen LogP contribution >= 0.6 is 28.1 Å². The van der Waals surface area contributed by atoms with Crippen molar-refractivity contribution in [1.82, 2.24) is 0 Å². The van der Waals surface area contributed by atoms with E-state index in [0.717, 1.165) is 22.2 Å². The number of nitrogens with one attached hydrogen (secondary N) is 1. The van der Waals surface area contributed by atoms with Crippen molar-refractivity contribution in [3.05, 3.63) is 63.6 Å². The lowest BCUT2D eigenvalue weighted by atomic mass is 10.1. The number of benzene rings is 2. The summed E-state index contributed by atoms with van der Waals surface area (Å²) in [5, 5.41) is 2.83. The molecule has 2 rings (SSSR count). The van der Waals surface area contributed by atoms with Gasteiger partial charge in [-0.05, 0) is 36.8 Å². The summed E-state index contributed by atoms with van der Waals surface area (Å²) in [4.78, 5) is -0.0422. The van der Waals surface area contributed by atoms with E-state index in [1.807, 2.05) is 31.2 Å². The average molecular weight is 371 g/mol. The predicted molar refractivity (Wildman–Crippen MR) is 88.4 cm³/mol. The fraction of sp³-hybridized carbons (Fsp3) is 0.133. The van der Waals surface area contributed by atoms with Crippen LogP contribution in [0.4, 0.5) is 14.5 Å². The van der Waals surface area contributed by atoms with Crippen LogP contribution in [-0.2, 0) is 0 Å². The Bertz CT molecular complexity index is 668. The zero-order chi connectivity index (χ0) is 15.6. The van der Waals surface area contributed by atoms with Gasteiger partial charge in [-0.25, -0.2) is 8.78 Å². The number of anilines is 1. The average Bonchev–Trinajstić information content (AvgIpc) is 2.42. The molecule has 0 fully saturated rings. The number of halogens is 3. The molecule has 0 saturated carbocycles. The van der Waals surface area contributed by atoms with E-state index in [1.54, 1.807) is 0 Å². The Morgan fingerprint density at radius 3 is 2.38 bits per heavy atom. The summed E-state index contributed by atoms with van der Waals surface area (Å²) in [6.45, 7) is 1.82. The Kier molecular flexibility index (Phi) is 4.90. The molecule has 2 aromatic carbocycles. The molecule has 0 aliphatic heterocycles. The smallest absolute Gasteiger partial charge is 0.150 e. The van der Waals surface area contributed by atoms with Crippen LogP contribution in [0.1, 0.15) is 24.1 Å². The second-order valence-corrected chi connectivity index (χ2v) is 5.96. The highest BCUT2D eigenvalue weighted by Crippen LogP contribution is 2.27. The van der Waals surface area contributed by atoms with E-state index in [9.17, 15) is 8.78 Å². The molecule has 2 nitrogen and oxygen atoms in total. The quantitative estimate of drug-likeness (QED) is 0.776. The van der Waals surface area contributed by atoms with Crippen molar-refractivity contribution < 1.29 is 8.78 Å². The molecule has 1 atom stereocenters. The first-order valence-corrected chi connectivity index (χ1v) is 7.39. The summed E-state index contributed by atoms with van der Waals surface area (Å²) in [6, 6.07) is 9.50. The summed E-state index contributed by atoms with van der Waals surface area (Å²) >= 11 is 8.09. The third-order valence-electron chi connectivity index (χ3n) is 3.04. The van der Waals surface area contributed by atoms with Gasteiger partial charge in [0.25, 0.3) is 0 Å². The zero-order valence-corrected chi connectivity index (χ0v) is 13.6. The third-order valence-corrected chi connectivity index (χ3v) is 3.77. The summed E-state index contributed by atoms with van der Waals surface area (Å²) in [5.74, 6) is -1.45. The van der Waals surface area contributed by atoms with Gasteiger partial charge < -0.3 is 11.1 Å². The Balaban J connectivity index is 2.29. The Morgan fingerprint density at radius 1 is 1.24 bits per heavy atom. The monoisotopic (exact) mass is 370 g/mol. The molecule has 0 amide bonds. The molecule has 2 aromatic rings. The Labute approximate surface area is 135 Å². The second kappa shape index (κ2) is 6.49. The van der Waals surface area contributed by atoms with E-state index in [0.29, 0.717) is 0 Å². The SMILES string of the molecule is CC(Nc1c(F)cc(C(N)=S)cc1F)c1cccc(Br)c1. The van der Waals surface area contributed by atoms with Gasteiger partial charge in [0, 0.05) is 16.1 Å². The van der Waals surface area contributed by atoms with Crippen LogP contribution in [0.2, 0.25) is 0 Å². The lowest BCUT2D eigenvalue weighted by molar-refractivity contribution is 0.584. The summed E-state index contributed by atoms with van der Waals surface area (Å²) in [5.41, 5.74) is 6.26. The Hall–Kier alpha value is -1.53. The van der Waals surface area contributed by atoms with Gasteiger partial charge in [-0.1, -0.05) is 40.3 Å². The maximum Gasteiger partial charge on any atom is 0.150 e. The first-order valence-electron chi connectivity index (χ1n) is 6.19. The van der Waals surface area contributed by atoms with Gasteiger partial charge in [0.15, 0.2) is 0 Å². The lowest BCUT2D eigenvalue weighted by Crippen LogP contribution is -2.13. The van der Waals surface area contributed by atoms with E-state index in [4.69, 9.17) is 18.0 Å². The van der Waals surface area contributed by atoms with Gasteiger partial charge >= 0.3 is 0 Å². The molecule has 0 aromatic heterocycles. The van der Waals surface area contributed by atoms with Crippen molar-refractivity contribution in [3.63, 3.8) is 0 Å². The molecule has 0 radical (unpaired) electrons. The van der Waals surface area contributed by atoms with Gasteiger partial charge in [-0.15, -0.1) is 0 Å². The number of hydrogen-bond acceptors (Lipinski definition) is 2. The number of thiocarbonyl (C=S) groups is 1. The standard InChI is InChI=1S/C15H13BrF2N2S/c1-8(9-3-2-4-11(16)5-9)20-14-12(17)6-10(15(19)21)7-13(14)18/h2-8,20H,1H3,(H2,19,21). The Morgan fingerprint density at radius 2 is 1.86 bits per heavy atom. The highest BCUT2D eigenvalue weighted by molar-refractivity contribution is 9.10. The van der Waals surface area contributed by atoms with Crippen molar-refractivity contribution in [2.75, 3.05) is 5.32 Å². The van der Waals surface area contributed by atoms with Crippen molar-refractivity contribution in [3.8, 4) is 0 Å². The fourth-order valence-corrected chi connectivity index (χ4v) is 2.46. The van der Waals surface area contributed by atoms with Crippen LogP contribution in [0, 0.1) is 11.6 Å². The molecule has 0 aliphatic carbocycles. The molecule has 110 valence electrons. The number of hydrogen-bond donors (Lipinski definition) is 2. The maximum atomic E-state index is 14.0. The molecule has 3 N–H and O–H groups in total. The number of rotatable bonds is 4. The number of nitrogens with two attached hydrogens (primary N) is 1. The molecule has 1 unspecified atom stereocenters. The third kappa shape index (κ3) is 3.77. The van der Waals surface area contributed by atoms with E-state index in [2.05, 4.69) is 21.2 Å². The van der Waals surface area contributed by atoms with Gasteiger partial charge in [0.05, 0.1) is 0 Å². The molecule has 21 heavy (non-hydrogen) atoms. The molecular formula is C15H13BrF2N2S. The van der Waals surface area contributed by atoms with Crippen molar-refractivity contribution in [2.45, 2.75) is 13.0 Å². The zero-order valence-electron chi connectivity index (χ0n) is 11.2. The first kappa shape index (κ1) is 15.9. The molecule has 0 spiro atoms. The molecular weight excluding hydrogens is 358 g/mol. The van der Waals surface area contributed by atoms with Crippen LogP contribution in [0.3, 0.4) is 0 Å². The van der Waals surface area contributed by atoms with E-state index in [1.165, 1.54) is 0 Å². The minimum Gasteiger partial charge on any atom is -0.389 e. The van der Waals surface area contributed by atoms with Crippen molar-refractivity contribution in [2.24, 2.45) is 5.73 Å². The summed E-state index contributed by atoms with van der Waals surface area (Å²) in [6.07, 6.45) is 0. The normalized spacial score (nSPS) is 12.0. The predicted octanol–water partition coefficient (Wildman–Crippen LogP) is 4.53. The summed E-state index contributed by atoms with van der Waals surface area (Å²) in [7, 11) is 0. The van der Waals surface area contributed by atoms with Gasteiger partial charge in [0.1, 0.15) is 22.3 Å². The molecule has 0 heterocycles. The van der Waals surface area contributed by atoms with E-state index in [-0.39, 0.29) is 22.3 Å². The van der Waals surface area contributed by atoms with Crippen LogP contribution < -0.4 is 11.1 Å². The van der Waals surface area contributed by atoms with Gasteiger partial charge in [0.2, 0.25) is 0 Å². The van der Waals surface area contributed by atoms with E-state index < -0.39 is 11.6 Å². The summed E-state index contributed by atoms with van der Waals surface area (Å²) < 4.78 is 28.9. The van der Waals surface area contributed by atoms with Crippen LogP contribution in [0.15, 0.2) is 40.9 Å². The topological polar surface area (TPSA) is 38.0 Å². The maximum absolute atomic E-state index is 14.0. The van der Waals surface area contributed by atoms with Crippen LogP contribution in [0.25, 0.3) is 0 Å². The molecule has 0 bridgehead atoms. The molecule has 0 saturated heterocycles. The minimum absolute atomic E-state index is 0.0422. The minimum atomic E-state index is -0.723. The van der Waals surface area contributed by atoms with Crippen molar-refractivity contribution >= 4 is 38.8 Å². The second-order valence-electron chi connectivity index (χ2n) is 4.60. The van der Waals surface area contributed by atoms with Crippen LogP contribution in [0.5, 0.6) is 0 Å². The first-order chi connectivity index (χ1) is 9.88. The largest absolute Gasteiger partial charge is 0.389 e. The van der Waals surface area contributed by atoms with Gasteiger partial charge in [-0.3, -0.25) is 0 Å². The lowest BCUT2D eigenvalue weighted by Gasteiger charge is -2.17. The fourth-order valence-electron chi connectivity index (χ4n) is 1.93. The van der Waals surface area contributed by atoms with Gasteiger partial charge in [-0.2, -0.15) is 0 Å². The van der Waals surface area contributed by atoms with Crippen molar-refractivity contribution in [1.29, 1.82) is 0 Å².